The van der Waals surface area contributed by atoms with Crippen molar-refractivity contribution in [1.29, 1.82) is 0 Å². The molecule has 0 saturated carbocycles. The molecule has 0 aliphatic heterocycles. The molecule has 166 valence electrons. The zero-order chi connectivity index (χ0) is 23.1. The molecule has 0 aliphatic rings. The SMILES string of the molecule is CCC(=O)N(CC(C)C)c1ccc(-c2ccc(C(=O)CCc3ccc(Cl)nc3)cc2)cc1. The molecule has 3 aromatic rings. The smallest absolute Gasteiger partial charge is 0.226 e. The van der Waals surface area contributed by atoms with E-state index < -0.39 is 0 Å². The van der Waals surface area contributed by atoms with E-state index in [1.54, 1.807) is 12.3 Å². The molecule has 1 amide bonds. The number of halogens is 1. The van der Waals surface area contributed by atoms with Gasteiger partial charge in [-0.05, 0) is 47.2 Å². The first kappa shape index (κ1) is 23.7. The predicted molar refractivity (Wildman–Crippen MR) is 131 cm³/mol. The summed E-state index contributed by atoms with van der Waals surface area (Å²) in [7, 11) is 0. The van der Waals surface area contributed by atoms with Gasteiger partial charge in [-0.2, -0.15) is 0 Å². The number of Topliss-reactive ketones (excluding diaryl/α,β-unsaturated/α-hetero) is 1. The van der Waals surface area contributed by atoms with Gasteiger partial charge < -0.3 is 4.90 Å². The van der Waals surface area contributed by atoms with Crippen molar-refractivity contribution in [2.45, 2.75) is 40.0 Å². The van der Waals surface area contributed by atoms with E-state index in [-0.39, 0.29) is 11.7 Å². The summed E-state index contributed by atoms with van der Waals surface area (Å²) < 4.78 is 0. The molecule has 0 spiro atoms. The zero-order valence-electron chi connectivity index (χ0n) is 18.8. The van der Waals surface area contributed by atoms with Crippen molar-refractivity contribution in [3.8, 4) is 11.1 Å². The Hall–Kier alpha value is -2.98. The number of nitrogens with zero attached hydrogens (tertiary/aromatic N) is 2. The lowest BCUT2D eigenvalue weighted by molar-refractivity contribution is -0.118. The van der Waals surface area contributed by atoms with E-state index in [1.807, 2.05) is 66.4 Å². The number of benzene rings is 2. The summed E-state index contributed by atoms with van der Waals surface area (Å²) in [6, 6.07) is 19.3. The van der Waals surface area contributed by atoms with Gasteiger partial charge in [0.05, 0.1) is 0 Å². The fourth-order valence-corrected chi connectivity index (χ4v) is 3.66. The Bertz CT molecular complexity index is 1040. The standard InChI is InChI=1S/C27H29ClN2O2/c1-4-27(32)30(18-19(2)3)24-13-11-22(12-14-24)21-7-9-23(10-8-21)25(31)15-5-20-6-16-26(28)29-17-20/h6-14,16-17,19H,4-5,15,18H2,1-3H3. The number of anilines is 1. The van der Waals surface area contributed by atoms with Gasteiger partial charge in [0.2, 0.25) is 5.91 Å². The predicted octanol–water partition coefficient (Wildman–Crippen LogP) is 6.62. The Labute approximate surface area is 195 Å². The number of hydrogen-bond donors (Lipinski definition) is 0. The van der Waals surface area contributed by atoms with Crippen LogP contribution < -0.4 is 4.90 Å². The van der Waals surface area contributed by atoms with E-state index in [1.165, 1.54) is 0 Å². The second-order valence-corrected chi connectivity index (χ2v) is 8.68. The molecule has 32 heavy (non-hydrogen) atoms. The molecule has 4 nitrogen and oxygen atoms in total. The Morgan fingerprint density at radius 3 is 2.09 bits per heavy atom. The van der Waals surface area contributed by atoms with Crippen LogP contribution in [0.15, 0.2) is 66.9 Å². The molecule has 2 aromatic carbocycles. The van der Waals surface area contributed by atoms with Crippen LogP contribution in [0.25, 0.3) is 11.1 Å². The summed E-state index contributed by atoms with van der Waals surface area (Å²) >= 11 is 5.80. The summed E-state index contributed by atoms with van der Waals surface area (Å²) in [6.45, 7) is 6.81. The van der Waals surface area contributed by atoms with Crippen molar-refractivity contribution >= 4 is 29.0 Å². The van der Waals surface area contributed by atoms with Gasteiger partial charge in [0.15, 0.2) is 5.78 Å². The molecular weight excluding hydrogens is 420 g/mol. The van der Waals surface area contributed by atoms with Crippen LogP contribution in [0.1, 0.15) is 49.5 Å². The molecule has 1 aromatic heterocycles. The van der Waals surface area contributed by atoms with Gasteiger partial charge in [-0.3, -0.25) is 9.59 Å². The lowest BCUT2D eigenvalue weighted by Gasteiger charge is -2.24. The maximum atomic E-state index is 12.5. The second kappa shape index (κ2) is 11.1. The van der Waals surface area contributed by atoms with Gasteiger partial charge in [-0.1, -0.05) is 74.8 Å². The highest BCUT2D eigenvalue weighted by Gasteiger charge is 2.15. The number of rotatable bonds is 9. The number of aromatic nitrogens is 1. The first-order valence-corrected chi connectivity index (χ1v) is 11.4. The van der Waals surface area contributed by atoms with Crippen molar-refractivity contribution in [2.24, 2.45) is 5.92 Å². The van der Waals surface area contributed by atoms with Crippen LogP contribution in [0.4, 0.5) is 5.69 Å². The van der Waals surface area contributed by atoms with E-state index in [0.717, 1.165) is 22.4 Å². The largest absolute Gasteiger partial charge is 0.312 e. The third kappa shape index (κ3) is 6.27. The fraction of sp³-hybridized carbons (Fsp3) is 0.296. The normalized spacial score (nSPS) is 10.9. The average molecular weight is 449 g/mol. The lowest BCUT2D eigenvalue weighted by atomic mass is 9.99. The van der Waals surface area contributed by atoms with Crippen molar-refractivity contribution in [1.82, 2.24) is 4.98 Å². The van der Waals surface area contributed by atoms with Crippen LogP contribution in [0, 0.1) is 5.92 Å². The summed E-state index contributed by atoms with van der Waals surface area (Å²) in [6.07, 6.45) is 3.25. The molecule has 0 saturated heterocycles. The quantitative estimate of drug-likeness (QED) is 0.273. The molecule has 1 heterocycles. The average Bonchev–Trinajstić information content (AvgIpc) is 2.81. The maximum Gasteiger partial charge on any atom is 0.226 e. The van der Waals surface area contributed by atoms with Crippen molar-refractivity contribution in [2.75, 3.05) is 11.4 Å². The highest BCUT2D eigenvalue weighted by molar-refractivity contribution is 6.29. The van der Waals surface area contributed by atoms with Gasteiger partial charge in [-0.15, -0.1) is 0 Å². The number of carbonyl (C=O) groups is 2. The molecule has 5 heteroatoms. The van der Waals surface area contributed by atoms with Crippen molar-refractivity contribution < 1.29 is 9.59 Å². The molecule has 0 radical (unpaired) electrons. The molecule has 0 N–H and O–H groups in total. The number of amides is 1. The summed E-state index contributed by atoms with van der Waals surface area (Å²) in [5.74, 6) is 0.624. The Morgan fingerprint density at radius 2 is 1.56 bits per heavy atom. The zero-order valence-corrected chi connectivity index (χ0v) is 19.6. The number of ketones is 1. The van der Waals surface area contributed by atoms with Gasteiger partial charge in [0.1, 0.15) is 5.15 Å². The Morgan fingerprint density at radius 1 is 0.938 bits per heavy atom. The highest BCUT2D eigenvalue weighted by Crippen LogP contribution is 2.25. The third-order valence-electron chi connectivity index (χ3n) is 5.30. The fourth-order valence-electron chi connectivity index (χ4n) is 3.55. The van der Waals surface area contributed by atoms with E-state index in [2.05, 4.69) is 18.8 Å². The van der Waals surface area contributed by atoms with E-state index in [9.17, 15) is 9.59 Å². The topological polar surface area (TPSA) is 50.3 Å². The molecule has 0 atom stereocenters. The molecule has 0 fully saturated rings. The van der Waals surface area contributed by atoms with Crippen LogP contribution in [-0.2, 0) is 11.2 Å². The Kier molecular flexibility index (Phi) is 8.18. The number of carbonyl (C=O) groups excluding carboxylic acids is 2. The molecule has 3 rings (SSSR count). The monoisotopic (exact) mass is 448 g/mol. The van der Waals surface area contributed by atoms with E-state index in [0.29, 0.717) is 42.4 Å². The first-order valence-electron chi connectivity index (χ1n) is 11.0. The summed E-state index contributed by atoms with van der Waals surface area (Å²) in [5, 5.41) is 0.452. The van der Waals surface area contributed by atoms with Crippen molar-refractivity contribution in [3.05, 3.63) is 83.1 Å². The first-order chi connectivity index (χ1) is 15.4. The highest BCUT2D eigenvalue weighted by atomic mass is 35.5. The Balaban J connectivity index is 1.66. The molecular formula is C27H29ClN2O2. The van der Waals surface area contributed by atoms with Crippen LogP contribution in [-0.4, -0.2) is 23.2 Å². The second-order valence-electron chi connectivity index (χ2n) is 8.29. The lowest BCUT2D eigenvalue weighted by Crippen LogP contribution is -2.33. The van der Waals surface area contributed by atoms with E-state index in [4.69, 9.17) is 11.6 Å². The van der Waals surface area contributed by atoms with Crippen LogP contribution in [0.2, 0.25) is 5.15 Å². The van der Waals surface area contributed by atoms with Crippen LogP contribution in [0.3, 0.4) is 0 Å². The number of pyridine rings is 1. The minimum atomic E-state index is 0.101. The molecule has 0 unspecified atom stereocenters. The maximum absolute atomic E-state index is 12.5. The summed E-state index contributed by atoms with van der Waals surface area (Å²) in [5.41, 5.74) is 4.69. The van der Waals surface area contributed by atoms with Crippen LogP contribution in [0.5, 0.6) is 0 Å². The number of hydrogen-bond acceptors (Lipinski definition) is 3. The minimum Gasteiger partial charge on any atom is -0.312 e. The van der Waals surface area contributed by atoms with E-state index >= 15 is 0 Å². The third-order valence-corrected chi connectivity index (χ3v) is 5.52. The summed E-state index contributed by atoms with van der Waals surface area (Å²) in [4.78, 5) is 30.8. The van der Waals surface area contributed by atoms with Gasteiger partial charge in [-0.25, -0.2) is 4.98 Å². The minimum absolute atomic E-state index is 0.101. The molecule has 0 bridgehead atoms. The van der Waals surface area contributed by atoms with Crippen molar-refractivity contribution in [3.63, 3.8) is 0 Å². The van der Waals surface area contributed by atoms with Gasteiger partial charge in [0.25, 0.3) is 0 Å². The number of aryl methyl sites for hydroxylation is 1. The van der Waals surface area contributed by atoms with Gasteiger partial charge in [0, 0.05) is 36.8 Å². The van der Waals surface area contributed by atoms with Crippen LogP contribution >= 0.6 is 11.6 Å². The molecule has 0 aliphatic carbocycles. The van der Waals surface area contributed by atoms with Gasteiger partial charge >= 0.3 is 0 Å².